The molecular formula is C60H37N3S. The zero-order valence-corrected chi connectivity index (χ0v) is 35.4. The number of hydrogen-bond acceptors (Lipinski definition) is 1. The topological polar surface area (TPSA) is 14.8 Å². The number of rotatable bonds is 5. The minimum absolute atomic E-state index is 1.11. The van der Waals surface area contributed by atoms with Crippen molar-refractivity contribution < 1.29 is 0 Å². The van der Waals surface area contributed by atoms with Gasteiger partial charge in [0.15, 0.2) is 0 Å². The average molecular weight is 832 g/mol. The maximum atomic E-state index is 2.53. The first-order valence-electron chi connectivity index (χ1n) is 21.9. The van der Waals surface area contributed by atoms with Crippen molar-refractivity contribution >= 4 is 96.9 Å². The third-order valence-corrected chi connectivity index (χ3v) is 14.6. The fourth-order valence-corrected chi connectivity index (χ4v) is 11.7. The maximum Gasteiger partial charge on any atom is 0.0947 e. The number of para-hydroxylation sites is 6. The Morgan fingerprint density at radius 3 is 1.00 bits per heavy atom. The number of benzene rings is 10. The summed E-state index contributed by atoms with van der Waals surface area (Å²) in [5.74, 6) is 0. The lowest BCUT2D eigenvalue weighted by molar-refractivity contribution is 1.05. The van der Waals surface area contributed by atoms with Gasteiger partial charge in [0.05, 0.1) is 50.2 Å². The van der Waals surface area contributed by atoms with E-state index in [0.29, 0.717) is 0 Å². The van der Waals surface area contributed by atoms with Crippen molar-refractivity contribution in [2.75, 3.05) is 0 Å². The molecule has 14 rings (SSSR count). The molecule has 0 fully saturated rings. The van der Waals surface area contributed by atoms with Crippen molar-refractivity contribution in [3.63, 3.8) is 0 Å². The molecule has 4 aromatic heterocycles. The van der Waals surface area contributed by atoms with E-state index < -0.39 is 0 Å². The Morgan fingerprint density at radius 1 is 0.234 bits per heavy atom. The minimum atomic E-state index is 1.11. The van der Waals surface area contributed by atoms with E-state index in [1.54, 1.807) is 0 Å². The van der Waals surface area contributed by atoms with Gasteiger partial charge in [0.25, 0.3) is 0 Å². The number of fused-ring (bicyclic) bond motifs is 12. The standard InChI is InChI=1S/C60H37N3S/c1-8-22-50-42(15-1)43-16-2-9-23-51(43)61(50)56-36-41(39-31-29-38(30-32-39)40-33-34-59-49(35-40)48-21-7-14-28-58(48)64-59)37-57(62-52-24-10-3-17-44(52)45-18-4-11-25-53(45)62)60(56)63-54-26-12-5-19-46(54)47-20-6-13-27-55(47)63/h1-37H. The van der Waals surface area contributed by atoms with Crippen molar-refractivity contribution in [2.24, 2.45) is 0 Å². The van der Waals surface area contributed by atoms with Gasteiger partial charge >= 0.3 is 0 Å². The molecule has 0 atom stereocenters. The monoisotopic (exact) mass is 831 g/mol. The summed E-state index contributed by atoms with van der Waals surface area (Å²) in [6.07, 6.45) is 0. The largest absolute Gasteiger partial charge is 0.307 e. The summed E-state index contributed by atoms with van der Waals surface area (Å²) in [5.41, 5.74) is 15.1. The summed E-state index contributed by atoms with van der Waals surface area (Å²) in [6.45, 7) is 0. The molecule has 0 aliphatic heterocycles. The molecule has 64 heavy (non-hydrogen) atoms. The van der Waals surface area contributed by atoms with E-state index in [1.165, 1.54) is 96.7 Å². The molecule has 0 saturated heterocycles. The molecule has 10 aromatic carbocycles. The van der Waals surface area contributed by atoms with Crippen LogP contribution in [0.5, 0.6) is 0 Å². The number of nitrogens with zero attached hydrogens (tertiary/aromatic N) is 3. The van der Waals surface area contributed by atoms with Crippen molar-refractivity contribution in [3.8, 4) is 39.3 Å². The van der Waals surface area contributed by atoms with Crippen LogP contribution >= 0.6 is 11.3 Å². The van der Waals surface area contributed by atoms with Crippen LogP contribution in [0.25, 0.3) is 125 Å². The second kappa shape index (κ2) is 13.7. The molecule has 3 nitrogen and oxygen atoms in total. The van der Waals surface area contributed by atoms with Gasteiger partial charge in [0, 0.05) is 52.5 Å². The number of aromatic nitrogens is 3. The predicted octanol–water partition coefficient (Wildman–Crippen LogP) is 16.7. The molecule has 0 aliphatic carbocycles. The lowest BCUT2D eigenvalue weighted by Crippen LogP contribution is -2.10. The fourth-order valence-electron chi connectivity index (χ4n) is 10.6. The second-order valence-electron chi connectivity index (χ2n) is 16.9. The lowest BCUT2D eigenvalue weighted by atomic mass is 9.97. The first-order valence-corrected chi connectivity index (χ1v) is 22.7. The van der Waals surface area contributed by atoms with Crippen molar-refractivity contribution in [1.82, 2.24) is 13.7 Å². The van der Waals surface area contributed by atoms with Crippen LogP contribution in [0.15, 0.2) is 224 Å². The van der Waals surface area contributed by atoms with Crippen molar-refractivity contribution in [2.45, 2.75) is 0 Å². The Morgan fingerprint density at radius 2 is 0.562 bits per heavy atom. The number of hydrogen-bond donors (Lipinski definition) is 0. The van der Waals surface area contributed by atoms with Crippen molar-refractivity contribution in [3.05, 3.63) is 224 Å². The molecule has 4 heterocycles. The van der Waals surface area contributed by atoms with Gasteiger partial charge in [-0.05, 0) is 89.0 Å². The second-order valence-corrected chi connectivity index (χ2v) is 17.9. The highest BCUT2D eigenvalue weighted by molar-refractivity contribution is 7.25. The van der Waals surface area contributed by atoms with Gasteiger partial charge in [0.2, 0.25) is 0 Å². The van der Waals surface area contributed by atoms with E-state index in [9.17, 15) is 0 Å². The average Bonchev–Trinajstić information content (AvgIpc) is 4.10. The van der Waals surface area contributed by atoms with E-state index in [-0.39, 0.29) is 0 Å². The Kier molecular flexibility index (Phi) is 7.56. The van der Waals surface area contributed by atoms with E-state index in [4.69, 9.17) is 0 Å². The first kappa shape index (κ1) is 35.4. The Bertz CT molecular complexity index is 3900. The molecule has 0 amide bonds. The zero-order chi connectivity index (χ0) is 41.9. The first-order chi connectivity index (χ1) is 31.8. The normalized spacial score (nSPS) is 12.1. The minimum Gasteiger partial charge on any atom is -0.307 e. The van der Waals surface area contributed by atoms with Crippen molar-refractivity contribution in [1.29, 1.82) is 0 Å². The quantitative estimate of drug-likeness (QED) is 0.164. The molecular weight excluding hydrogens is 795 g/mol. The van der Waals surface area contributed by atoms with Gasteiger partial charge < -0.3 is 13.7 Å². The van der Waals surface area contributed by atoms with Gasteiger partial charge in [-0.25, -0.2) is 0 Å². The number of thiophene rings is 1. The molecule has 0 spiro atoms. The molecule has 0 unspecified atom stereocenters. The van der Waals surface area contributed by atoms with Crippen LogP contribution in [-0.4, -0.2) is 13.7 Å². The third-order valence-electron chi connectivity index (χ3n) is 13.4. The fraction of sp³-hybridized carbons (Fsp3) is 0. The van der Waals surface area contributed by atoms with Gasteiger partial charge in [-0.1, -0.05) is 158 Å². The van der Waals surface area contributed by atoms with Gasteiger partial charge in [-0.3, -0.25) is 0 Å². The van der Waals surface area contributed by atoms with Crippen LogP contribution in [0, 0.1) is 0 Å². The smallest absolute Gasteiger partial charge is 0.0947 e. The molecule has 0 bridgehead atoms. The summed E-state index contributed by atoms with van der Waals surface area (Å²) in [4.78, 5) is 0. The molecule has 0 radical (unpaired) electrons. The summed E-state index contributed by atoms with van der Waals surface area (Å²) in [6, 6.07) is 83.0. The van der Waals surface area contributed by atoms with Crippen LogP contribution < -0.4 is 0 Å². The summed E-state index contributed by atoms with van der Waals surface area (Å²) in [5, 5.41) is 10.0. The maximum absolute atomic E-state index is 2.53. The van der Waals surface area contributed by atoms with E-state index in [2.05, 4.69) is 238 Å². The molecule has 14 aromatic rings. The highest BCUT2D eigenvalue weighted by Gasteiger charge is 2.26. The molecule has 298 valence electrons. The van der Waals surface area contributed by atoms with Gasteiger partial charge in [-0.2, -0.15) is 0 Å². The Labute approximate surface area is 372 Å². The van der Waals surface area contributed by atoms with Crippen LogP contribution in [0.2, 0.25) is 0 Å². The highest BCUT2D eigenvalue weighted by atomic mass is 32.1. The molecule has 0 N–H and O–H groups in total. The van der Waals surface area contributed by atoms with Crippen LogP contribution in [0.1, 0.15) is 0 Å². The lowest BCUT2D eigenvalue weighted by Gasteiger charge is -2.24. The third kappa shape index (κ3) is 5.09. The molecule has 0 aliphatic rings. The Balaban J connectivity index is 1.12. The summed E-state index contributed by atoms with van der Waals surface area (Å²) in [7, 11) is 0. The highest BCUT2D eigenvalue weighted by Crippen LogP contribution is 2.45. The van der Waals surface area contributed by atoms with Crippen LogP contribution in [-0.2, 0) is 0 Å². The summed E-state index contributed by atoms with van der Waals surface area (Å²) >= 11 is 1.86. The Hall–Kier alpha value is -8.18. The predicted molar refractivity (Wildman–Crippen MR) is 273 cm³/mol. The molecule has 4 heteroatoms. The van der Waals surface area contributed by atoms with E-state index in [1.807, 2.05) is 11.3 Å². The van der Waals surface area contributed by atoms with Crippen LogP contribution in [0.4, 0.5) is 0 Å². The van der Waals surface area contributed by atoms with E-state index in [0.717, 1.165) is 28.2 Å². The van der Waals surface area contributed by atoms with Gasteiger partial charge in [0.1, 0.15) is 0 Å². The van der Waals surface area contributed by atoms with Gasteiger partial charge in [-0.15, -0.1) is 11.3 Å². The van der Waals surface area contributed by atoms with Crippen LogP contribution in [0.3, 0.4) is 0 Å². The summed E-state index contributed by atoms with van der Waals surface area (Å²) < 4.78 is 10.2. The van der Waals surface area contributed by atoms with E-state index >= 15 is 0 Å². The SMILES string of the molecule is c1ccc2c(c1)sc1ccc(-c3ccc(-c4cc(-n5c6ccccc6c6ccccc65)c(-n5c6ccccc6c6ccccc65)c(-n5c6ccccc6c6ccccc65)c4)cc3)cc12. The zero-order valence-electron chi connectivity index (χ0n) is 34.6. The molecule has 0 saturated carbocycles.